The number of ether oxygens (including phenoxy) is 5. The first-order chi connectivity index (χ1) is 17.1. The predicted molar refractivity (Wildman–Crippen MR) is 137 cm³/mol. The van der Waals surface area contributed by atoms with Crippen LogP contribution in [0.2, 0.25) is 0 Å². The van der Waals surface area contributed by atoms with Gasteiger partial charge in [0.2, 0.25) is 5.75 Å². The Morgan fingerprint density at radius 2 is 1.17 bits per heavy atom. The Hall–Kier alpha value is -4.39. The van der Waals surface area contributed by atoms with Crippen molar-refractivity contribution in [2.24, 2.45) is 0 Å². The first-order valence-corrected chi connectivity index (χ1v) is 11.1. The van der Waals surface area contributed by atoms with Gasteiger partial charge in [-0.1, -0.05) is 18.2 Å². The second-order valence-corrected chi connectivity index (χ2v) is 7.87. The normalized spacial score (nSPS) is 11.0. The number of aromatic nitrogens is 2. The van der Waals surface area contributed by atoms with Crippen LogP contribution in [-0.2, 0) is 0 Å². The molecule has 0 aliphatic rings. The van der Waals surface area contributed by atoms with Crippen molar-refractivity contribution < 1.29 is 23.7 Å². The highest BCUT2D eigenvalue weighted by molar-refractivity contribution is 6.12. The number of benzene rings is 4. The SMILES string of the molecule is COc1cc(-c2nn(-c3ccccc3)c3c2ccc2c(OC)c(OC)ccc23)cc(OC)c1OC. The lowest BCUT2D eigenvalue weighted by atomic mass is 10.0. The molecule has 7 nitrogen and oxygen atoms in total. The highest BCUT2D eigenvalue weighted by Crippen LogP contribution is 2.45. The number of hydrogen-bond donors (Lipinski definition) is 0. The molecule has 5 rings (SSSR count). The Morgan fingerprint density at radius 1 is 0.571 bits per heavy atom. The Labute approximate surface area is 203 Å². The molecule has 7 heteroatoms. The number of fused-ring (bicyclic) bond motifs is 3. The van der Waals surface area contributed by atoms with Crippen LogP contribution in [0.5, 0.6) is 28.7 Å². The molecule has 35 heavy (non-hydrogen) atoms. The van der Waals surface area contributed by atoms with Crippen LogP contribution in [0.15, 0.2) is 66.7 Å². The molecular formula is C28H26N2O5. The van der Waals surface area contributed by atoms with Gasteiger partial charge >= 0.3 is 0 Å². The zero-order valence-corrected chi connectivity index (χ0v) is 20.3. The monoisotopic (exact) mass is 470 g/mol. The van der Waals surface area contributed by atoms with Crippen LogP contribution >= 0.6 is 0 Å². The van der Waals surface area contributed by atoms with Crippen molar-refractivity contribution in [2.75, 3.05) is 35.5 Å². The standard InChI is InChI=1S/C28H26N2O5/c1-31-22-14-13-19-20(27(22)34-4)11-12-21-25(29-30(26(19)21)18-9-7-6-8-10-18)17-15-23(32-2)28(35-5)24(16-17)33-3/h6-16H,1-5H3. The average molecular weight is 471 g/mol. The van der Waals surface area contributed by atoms with E-state index in [0.29, 0.717) is 28.7 Å². The first kappa shape index (κ1) is 22.4. The third-order valence-electron chi connectivity index (χ3n) is 6.12. The van der Waals surface area contributed by atoms with Crippen LogP contribution in [-0.4, -0.2) is 45.3 Å². The second-order valence-electron chi connectivity index (χ2n) is 7.87. The van der Waals surface area contributed by atoms with Gasteiger partial charge < -0.3 is 23.7 Å². The molecule has 0 saturated carbocycles. The molecule has 1 aromatic heterocycles. The Morgan fingerprint density at radius 3 is 1.77 bits per heavy atom. The molecule has 5 aromatic rings. The number of para-hydroxylation sites is 1. The minimum absolute atomic E-state index is 0.535. The van der Waals surface area contributed by atoms with Crippen molar-refractivity contribution in [2.45, 2.75) is 0 Å². The zero-order chi connectivity index (χ0) is 24.5. The smallest absolute Gasteiger partial charge is 0.203 e. The number of nitrogens with zero attached hydrogens (tertiary/aromatic N) is 2. The van der Waals surface area contributed by atoms with E-state index in [-0.39, 0.29) is 0 Å². The number of rotatable bonds is 7. The third kappa shape index (κ3) is 3.56. The Balaban J connectivity index is 1.89. The van der Waals surface area contributed by atoms with Gasteiger partial charge in [-0.15, -0.1) is 0 Å². The van der Waals surface area contributed by atoms with Crippen molar-refractivity contribution >= 4 is 21.7 Å². The minimum atomic E-state index is 0.535. The average Bonchev–Trinajstić information content (AvgIpc) is 3.32. The fourth-order valence-corrected chi connectivity index (χ4v) is 4.52. The second kappa shape index (κ2) is 9.10. The number of methoxy groups -OCH3 is 5. The fraction of sp³-hybridized carbons (Fsp3) is 0.179. The van der Waals surface area contributed by atoms with Crippen molar-refractivity contribution in [3.05, 3.63) is 66.7 Å². The van der Waals surface area contributed by atoms with E-state index in [1.54, 1.807) is 35.5 Å². The summed E-state index contributed by atoms with van der Waals surface area (Å²) < 4.78 is 29.9. The molecule has 0 atom stereocenters. The summed E-state index contributed by atoms with van der Waals surface area (Å²) in [6, 6.07) is 21.9. The van der Waals surface area contributed by atoms with E-state index >= 15 is 0 Å². The van der Waals surface area contributed by atoms with Gasteiger partial charge in [-0.3, -0.25) is 0 Å². The van der Waals surface area contributed by atoms with Gasteiger partial charge in [0, 0.05) is 21.7 Å². The maximum absolute atomic E-state index is 5.72. The first-order valence-electron chi connectivity index (χ1n) is 11.1. The third-order valence-corrected chi connectivity index (χ3v) is 6.12. The molecule has 0 fully saturated rings. The van der Waals surface area contributed by atoms with E-state index in [1.807, 2.05) is 65.3 Å². The van der Waals surface area contributed by atoms with E-state index < -0.39 is 0 Å². The molecule has 0 N–H and O–H groups in total. The minimum Gasteiger partial charge on any atom is -0.493 e. The summed E-state index contributed by atoms with van der Waals surface area (Å²) in [5.41, 5.74) is 3.54. The molecule has 0 aliphatic carbocycles. The van der Waals surface area contributed by atoms with E-state index in [2.05, 4.69) is 6.07 Å². The van der Waals surface area contributed by atoms with Gasteiger partial charge in [-0.25, -0.2) is 4.68 Å². The quantitative estimate of drug-likeness (QED) is 0.296. The summed E-state index contributed by atoms with van der Waals surface area (Å²) in [7, 11) is 8.09. The van der Waals surface area contributed by atoms with Crippen molar-refractivity contribution in [3.63, 3.8) is 0 Å². The topological polar surface area (TPSA) is 64.0 Å². The van der Waals surface area contributed by atoms with Gasteiger partial charge in [0.1, 0.15) is 5.69 Å². The molecule has 0 bridgehead atoms. The van der Waals surface area contributed by atoms with Crippen molar-refractivity contribution in [1.29, 1.82) is 0 Å². The molecule has 0 spiro atoms. The van der Waals surface area contributed by atoms with Gasteiger partial charge in [0.25, 0.3) is 0 Å². The molecular weight excluding hydrogens is 444 g/mol. The van der Waals surface area contributed by atoms with E-state index in [4.69, 9.17) is 28.8 Å². The summed E-state index contributed by atoms with van der Waals surface area (Å²) >= 11 is 0. The predicted octanol–water partition coefficient (Wildman–Crippen LogP) is 5.89. The number of hydrogen-bond acceptors (Lipinski definition) is 6. The van der Waals surface area contributed by atoms with Crippen LogP contribution in [0.3, 0.4) is 0 Å². The van der Waals surface area contributed by atoms with Crippen LogP contribution in [0, 0.1) is 0 Å². The van der Waals surface area contributed by atoms with Crippen LogP contribution in [0.4, 0.5) is 0 Å². The van der Waals surface area contributed by atoms with Gasteiger partial charge in [-0.05, 0) is 48.5 Å². The highest BCUT2D eigenvalue weighted by Gasteiger charge is 2.22. The molecule has 1 heterocycles. The summed E-state index contributed by atoms with van der Waals surface area (Å²) in [6.45, 7) is 0. The fourth-order valence-electron chi connectivity index (χ4n) is 4.52. The Kier molecular flexibility index (Phi) is 5.82. The van der Waals surface area contributed by atoms with Crippen molar-refractivity contribution in [3.8, 4) is 45.7 Å². The van der Waals surface area contributed by atoms with Crippen molar-refractivity contribution in [1.82, 2.24) is 9.78 Å². The summed E-state index contributed by atoms with van der Waals surface area (Å²) in [4.78, 5) is 0. The lowest BCUT2D eigenvalue weighted by Gasteiger charge is -2.13. The lowest BCUT2D eigenvalue weighted by Crippen LogP contribution is -1.98. The molecule has 0 radical (unpaired) electrons. The Bertz CT molecular complexity index is 1500. The molecule has 178 valence electrons. The van der Waals surface area contributed by atoms with Crippen LogP contribution < -0.4 is 23.7 Å². The van der Waals surface area contributed by atoms with Gasteiger partial charge in [0.15, 0.2) is 23.0 Å². The molecule has 0 saturated heterocycles. The molecule has 0 unspecified atom stereocenters. The summed E-state index contributed by atoms with van der Waals surface area (Å²) in [5.74, 6) is 3.03. The molecule has 4 aromatic carbocycles. The maximum atomic E-state index is 5.72. The highest BCUT2D eigenvalue weighted by atomic mass is 16.5. The van der Waals surface area contributed by atoms with E-state index in [9.17, 15) is 0 Å². The van der Waals surface area contributed by atoms with Crippen LogP contribution in [0.25, 0.3) is 38.6 Å². The largest absolute Gasteiger partial charge is 0.493 e. The van der Waals surface area contributed by atoms with E-state index in [1.165, 1.54) is 0 Å². The summed E-state index contributed by atoms with van der Waals surface area (Å²) in [6.07, 6.45) is 0. The summed E-state index contributed by atoms with van der Waals surface area (Å²) in [5, 5.41) is 7.99. The van der Waals surface area contributed by atoms with Gasteiger partial charge in [0.05, 0.1) is 46.8 Å². The maximum Gasteiger partial charge on any atom is 0.203 e. The lowest BCUT2D eigenvalue weighted by molar-refractivity contribution is 0.324. The van der Waals surface area contributed by atoms with Gasteiger partial charge in [-0.2, -0.15) is 5.10 Å². The molecule has 0 amide bonds. The molecule has 0 aliphatic heterocycles. The van der Waals surface area contributed by atoms with E-state index in [0.717, 1.165) is 38.6 Å². The van der Waals surface area contributed by atoms with Crippen LogP contribution in [0.1, 0.15) is 0 Å². The zero-order valence-electron chi connectivity index (χ0n) is 20.3.